The smallest absolute Gasteiger partial charge is 0.223 e. The standard InChI is InChI=1S/C12H17NO/c1-4-11-8-6-5-7-9-12(11)13(3)10(2)14/h6-9H,4-5H2,1-3H3. The fraction of sp³-hybridized carbons (Fsp3) is 0.417. The Balaban J connectivity index is 3.05. The Labute approximate surface area is 85.6 Å². The normalized spacial score (nSPS) is 15.6. The second-order valence-electron chi connectivity index (χ2n) is 3.38. The zero-order chi connectivity index (χ0) is 10.6. The maximum Gasteiger partial charge on any atom is 0.223 e. The molecular weight excluding hydrogens is 174 g/mol. The van der Waals surface area contributed by atoms with Crippen molar-refractivity contribution in [3.8, 4) is 0 Å². The summed E-state index contributed by atoms with van der Waals surface area (Å²) in [4.78, 5) is 12.9. The fourth-order valence-corrected chi connectivity index (χ4v) is 1.46. The van der Waals surface area contributed by atoms with Crippen molar-refractivity contribution in [1.29, 1.82) is 0 Å². The first-order valence-electron chi connectivity index (χ1n) is 4.97. The molecule has 0 aromatic rings. The lowest BCUT2D eigenvalue weighted by molar-refractivity contribution is -0.125. The Bertz CT molecular complexity index is 310. The first-order chi connectivity index (χ1) is 6.66. The highest BCUT2D eigenvalue weighted by atomic mass is 16.2. The van der Waals surface area contributed by atoms with E-state index in [0.29, 0.717) is 0 Å². The third-order valence-electron chi connectivity index (χ3n) is 2.41. The van der Waals surface area contributed by atoms with Crippen LogP contribution in [0.1, 0.15) is 26.7 Å². The van der Waals surface area contributed by atoms with Gasteiger partial charge >= 0.3 is 0 Å². The van der Waals surface area contributed by atoms with Gasteiger partial charge in [0, 0.05) is 19.7 Å². The molecule has 0 aliphatic heterocycles. The summed E-state index contributed by atoms with van der Waals surface area (Å²) in [6, 6.07) is 0. The van der Waals surface area contributed by atoms with E-state index in [4.69, 9.17) is 0 Å². The van der Waals surface area contributed by atoms with Crippen molar-refractivity contribution >= 4 is 5.91 Å². The topological polar surface area (TPSA) is 20.3 Å². The summed E-state index contributed by atoms with van der Waals surface area (Å²) in [5, 5.41) is 0. The molecule has 76 valence electrons. The van der Waals surface area contributed by atoms with Crippen molar-refractivity contribution in [2.45, 2.75) is 26.7 Å². The molecule has 0 bridgehead atoms. The van der Waals surface area contributed by atoms with E-state index in [-0.39, 0.29) is 5.91 Å². The van der Waals surface area contributed by atoms with E-state index in [2.05, 4.69) is 25.2 Å². The average Bonchev–Trinajstić information content (AvgIpc) is 2.40. The van der Waals surface area contributed by atoms with Crippen molar-refractivity contribution in [3.63, 3.8) is 0 Å². The summed E-state index contributed by atoms with van der Waals surface area (Å²) < 4.78 is 0. The highest BCUT2D eigenvalue weighted by molar-refractivity contribution is 5.76. The SMILES string of the molecule is CCC1=C(N(C)C(C)=O)C=CCC=C1. The zero-order valence-corrected chi connectivity index (χ0v) is 9.08. The van der Waals surface area contributed by atoms with Crippen molar-refractivity contribution in [3.05, 3.63) is 35.6 Å². The van der Waals surface area contributed by atoms with Crippen LogP contribution in [0.25, 0.3) is 0 Å². The molecule has 0 saturated heterocycles. The van der Waals surface area contributed by atoms with Crippen molar-refractivity contribution in [1.82, 2.24) is 4.90 Å². The quantitative estimate of drug-likeness (QED) is 0.657. The summed E-state index contributed by atoms with van der Waals surface area (Å²) in [7, 11) is 1.82. The lowest BCUT2D eigenvalue weighted by Gasteiger charge is -2.18. The summed E-state index contributed by atoms with van der Waals surface area (Å²) in [6.45, 7) is 3.69. The minimum Gasteiger partial charge on any atom is -0.315 e. The van der Waals surface area contributed by atoms with E-state index in [1.165, 1.54) is 5.57 Å². The Morgan fingerprint density at radius 3 is 2.64 bits per heavy atom. The molecule has 2 heteroatoms. The van der Waals surface area contributed by atoms with Crippen LogP contribution in [0.5, 0.6) is 0 Å². The number of rotatable bonds is 2. The van der Waals surface area contributed by atoms with E-state index in [1.54, 1.807) is 11.8 Å². The monoisotopic (exact) mass is 191 g/mol. The lowest BCUT2D eigenvalue weighted by Crippen LogP contribution is -2.23. The molecule has 0 spiro atoms. The highest BCUT2D eigenvalue weighted by Gasteiger charge is 2.10. The maximum absolute atomic E-state index is 11.3. The molecule has 1 aliphatic rings. The first-order valence-corrected chi connectivity index (χ1v) is 4.97. The summed E-state index contributed by atoms with van der Waals surface area (Å²) >= 11 is 0. The van der Waals surface area contributed by atoms with Gasteiger partial charge in [0.05, 0.1) is 0 Å². The molecule has 1 amide bonds. The van der Waals surface area contributed by atoms with Crippen LogP contribution in [0.4, 0.5) is 0 Å². The van der Waals surface area contributed by atoms with Gasteiger partial charge in [-0.2, -0.15) is 0 Å². The Morgan fingerprint density at radius 2 is 2.07 bits per heavy atom. The minimum atomic E-state index is 0.0749. The lowest BCUT2D eigenvalue weighted by atomic mass is 10.1. The van der Waals surface area contributed by atoms with Crippen LogP contribution in [0, 0.1) is 0 Å². The highest BCUT2D eigenvalue weighted by Crippen LogP contribution is 2.18. The number of hydrogen-bond acceptors (Lipinski definition) is 1. The largest absolute Gasteiger partial charge is 0.315 e. The number of carbonyl (C=O) groups is 1. The Morgan fingerprint density at radius 1 is 1.43 bits per heavy atom. The molecule has 0 aromatic heterocycles. The molecule has 0 fully saturated rings. The Hall–Kier alpha value is -1.31. The molecule has 2 nitrogen and oxygen atoms in total. The van der Waals surface area contributed by atoms with Crippen LogP contribution < -0.4 is 0 Å². The van der Waals surface area contributed by atoms with Crippen LogP contribution >= 0.6 is 0 Å². The molecule has 14 heavy (non-hydrogen) atoms. The minimum absolute atomic E-state index is 0.0749. The molecule has 1 rings (SSSR count). The van der Waals surface area contributed by atoms with Crippen molar-refractivity contribution in [2.75, 3.05) is 7.05 Å². The van der Waals surface area contributed by atoms with E-state index in [0.717, 1.165) is 18.5 Å². The van der Waals surface area contributed by atoms with Crippen molar-refractivity contribution in [2.24, 2.45) is 0 Å². The Kier molecular flexibility index (Phi) is 3.69. The van der Waals surface area contributed by atoms with Gasteiger partial charge in [-0.3, -0.25) is 4.79 Å². The van der Waals surface area contributed by atoms with Crippen LogP contribution in [0.3, 0.4) is 0 Å². The van der Waals surface area contributed by atoms with Gasteiger partial charge in [0.25, 0.3) is 0 Å². The molecule has 0 saturated carbocycles. The van der Waals surface area contributed by atoms with Gasteiger partial charge in [-0.1, -0.05) is 25.2 Å². The van der Waals surface area contributed by atoms with Crippen LogP contribution in [0.15, 0.2) is 35.6 Å². The maximum atomic E-state index is 11.3. The zero-order valence-electron chi connectivity index (χ0n) is 9.08. The fourth-order valence-electron chi connectivity index (χ4n) is 1.46. The molecule has 0 radical (unpaired) electrons. The second-order valence-corrected chi connectivity index (χ2v) is 3.38. The number of amides is 1. The van der Waals surface area contributed by atoms with Gasteiger partial charge < -0.3 is 4.90 Å². The average molecular weight is 191 g/mol. The third-order valence-corrected chi connectivity index (χ3v) is 2.41. The van der Waals surface area contributed by atoms with Gasteiger partial charge in [-0.25, -0.2) is 0 Å². The predicted molar refractivity (Wildman–Crippen MR) is 58.7 cm³/mol. The molecule has 0 unspecified atom stereocenters. The molecule has 1 aliphatic carbocycles. The summed E-state index contributed by atoms with van der Waals surface area (Å²) in [5.74, 6) is 0.0749. The number of hydrogen-bond donors (Lipinski definition) is 0. The van der Waals surface area contributed by atoms with Gasteiger partial charge in [0.1, 0.15) is 0 Å². The predicted octanol–water partition coefficient (Wildman–Crippen LogP) is 2.64. The molecule has 0 atom stereocenters. The molecule has 0 heterocycles. The molecule has 0 aromatic carbocycles. The number of likely N-dealkylation sites (N-methyl/N-ethyl adjacent to an activating group) is 1. The number of nitrogens with zero attached hydrogens (tertiary/aromatic N) is 1. The van der Waals surface area contributed by atoms with E-state index >= 15 is 0 Å². The van der Waals surface area contributed by atoms with Gasteiger partial charge in [0.15, 0.2) is 0 Å². The molecule has 0 N–H and O–H groups in total. The van der Waals surface area contributed by atoms with Crippen LogP contribution in [-0.4, -0.2) is 17.9 Å². The van der Waals surface area contributed by atoms with E-state index in [9.17, 15) is 4.79 Å². The summed E-state index contributed by atoms with van der Waals surface area (Å²) in [5.41, 5.74) is 2.24. The van der Waals surface area contributed by atoms with Gasteiger partial charge in [-0.05, 0) is 24.5 Å². The van der Waals surface area contributed by atoms with E-state index < -0.39 is 0 Å². The summed E-state index contributed by atoms with van der Waals surface area (Å²) in [6.07, 6.45) is 10.2. The first kappa shape index (κ1) is 10.8. The van der Waals surface area contributed by atoms with Crippen LogP contribution in [0.2, 0.25) is 0 Å². The van der Waals surface area contributed by atoms with E-state index in [1.807, 2.05) is 13.1 Å². The third kappa shape index (κ3) is 2.34. The molecular formula is C12H17NO. The number of allylic oxidation sites excluding steroid dienone is 5. The van der Waals surface area contributed by atoms with Gasteiger partial charge in [-0.15, -0.1) is 0 Å². The van der Waals surface area contributed by atoms with Crippen LogP contribution in [-0.2, 0) is 4.79 Å². The van der Waals surface area contributed by atoms with Crippen molar-refractivity contribution < 1.29 is 4.79 Å². The second kappa shape index (κ2) is 4.80. The number of carbonyl (C=O) groups excluding carboxylic acids is 1. The van der Waals surface area contributed by atoms with Gasteiger partial charge in [0.2, 0.25) is 5.91 Å².